The summed E-state index contributed by atoms with van der Waals surface area (Å²) in [5, 5.41) is 16.8. The molecule has 106 valence electrons. The molecule has 0 spiro atoms. The molecule has 0 unspecified atom stereocenters. The quantitative estimate of drug-likeness (QED) is 0.343. The van der Waals surface area contributed by atoms with Gasteiger partial charge in [0.25, 0.3) is 17.7 Å². The van der Waals surface area contributed by atoms with Crippen LogP contribution >= 0.6 is 0 Å². The van der Waals surface area contributed by atoms with Crippen LogP contribution in [-0.4, -0.2) is 62.6 Å². The van der Waals surface area contributed by atoms with Crippen molar-refractivity contribution in [3.63, 3.8) is 0 Å². The monoisotopic (exact) mass is 304 g/mol. The van der Waals surface area contributed by atoms with Gasteiger partial charge in [0, 0.05) is 0 Å². The number of carbonyl (C=O) groups is 2. The molecule has 0 aliphatic rings. The van der Waals surface area contributed by atoms with Gasteiger partial charge in [-0.05, 0) is 0 Å². The average molecular weight is 304 g/mol. The van der Waals surface area contributed by atoms with E-state index in [-0.39, 0.29) is 0 Å². The summed E-state index contributed by atoms with van der Waals surface area (Å²) in [4.78, 5) is 20.7. The molecule has 0 heterocycles. The maximum Gasteiger partial charge on any atom is 0.321 e. The van der Waals surface area contributed by atoms with Crippen LogP contribution < -0.4 is 11.5 Å². The Hall–Kier alpha value is -1.24. The molecule has 10 nitrogen and oxygen atoms in total. The fourth-order valence-corrected chi connectivity index (χ4v) is 4.49. The lowest BCUT2D eigenvalue weighted by atomic mass is 10.4. The van der Waals surface area contributed by atoms with Gasteiger partial charge in [0.05, 0.1) is 11.5 Å². The molecule has 0 aliphatic carbocycles. The Labute approximate surface area is 102 Å². The van der Waals surface area contributed by atoms with Crippen molar-refractivity contribution in [1.82, 2.24) is 0 Å². The van der Waals surface area contributed by atoms with Gasteiger partial charge in [-0.3, -0.25) is 9.59 Å². The molecule has 2 atom stereocenters. The molecule has 0 aromatic rings. The normalized spacial score (nSPS) is 15.9. The third kappa shape index (κ3) is 4.21. The maximum absolute atomic E-state index is 11.3. The molecule has 0 saturated heterocycles. The number of hydrogen-bond donors (Lipinski definition) is 4. The number of nitrogens with two attached hydrogens (primary N) is 2. The van der Waals surface area contributed by atoms with Gasteiger partial charge in [0.2, 0.25) is 0 Å². The van der Waals surface area contributed by atoms with Crippen molar-refractivity contribution in [2.45, 2.75) is 12.1 Å². The molecule has 0 bridgehead atoms. The Morgan fingerprint density at radius 3 is 1.22 bits per heavy atom. The van der Waals surface area contributed by atoms with Gasteiger partial charge >= 0.3 is 11.9 Å². The number of aliphatic carboxylic acids is 2. The summed E-state index contributed by atoms with van der Waals surface area (Å²) in [7, 11) is -9.82. The summed E-state index contributed by atoms with van der Waals surface area (Å²) in [6.45, 7) is 0. The average Bonchev–Trinajstić information content (AvgIpc) is 2.15. The van der Waals surface area contributed by atoms with E-state index < -0.39 is 53.3 Å². The van der Waals surface area contributed by atoms with Gasteiger partial charge in [-0.2, -0.15) is 0 Å². The molecule has 0 aromatic carbocycles. The number of hydrogen-bond acceptors (Lipinski definition) is 8. The minimum absolute atomic E-state index is 1.35. The van der Waals surface area contributed by atoms with E-state index in [1.807, 2.05) is 0 Å². The second kappa shape index (κ2) is 5.60. The molecule has 0 aromatic heterocycles. The van der Waals surface area contributed by atoms with Crippen molar-refractivity contribution in [3.8, 4) is 0 Å². The first kappa shape index (κ1) is 16.8. The van der Waals surface area contributed by atoms with Crippen molar-refractivity contribution in [2.24, 2.45) is 11.5 Å². The van der Waals surface area contributed by atoms with Crippen LogP contribution in [0.25, 0.3) is 0 Å². The van der Waals surface area contributed by atoms with Gasteiger partial charge in [0.15, 0.2) is 0 Å². The molecule has 0 saturated carbocycles. The fraction of sp³-hybridized carbons (Fsp3) is 0.667. The summed E-state index contributed by atoms with van der Waals surface area (Å²) in [5.41, 5.74) is 9.80. The Morgan fingerprint density at radius 1 is 0.833 bits per heavy atom. The molecule has 6 N–H and O–H groups in total. The topological polar surface area (TPSA) is 195 Å². The Kier molecular flexibility index (Phi) is 5.21. The first-order chi connectivity index (χ1) is 7.90. The van der Waals surface area contributed by atoms with Crippen LogP contribution in [0.3, 0.4) is 0 Å². The van der Waals surface area contributed by atoms with E-state index in [1.165, 1.54) is 0 Å². The predicted molar refractivity (Wildman–Crippen MR) is 58.8 cm³/mol. The first-order valence-electron chi connectivity index (χ1n) is 4.33. The minimum atomic E-state index is -4.91. The van der Waals surface area contributed by atoms with Crippen LogP contribution in [0, 0.1) is 0 Å². The molecule has 0 radical (unpaired) electrons. The number of carboxylic acids is 2. The van der Waals surface area contributed by atoms with Crippen LogP contribution in [0.2, 0.25) is 0 Å². The fourth-order valence-electron chi connectivity index (χ4n) is 0.790. The highest BCUT2D eigenvalue weighted by molar-refractivity contribution is 8.67. The summed E-state index contributed by atoms with van der Waals surface area (Å²) in [6.07, 6.45) is 0. The van der Waals surface area contributed by atoms with E-state index in [1.54, 1.807) is 0 Å². The molecule has 0 aliphatic heterocycles. The second-order valence-electron chi connectivity index (χ2n) is 3.34. The highest BCUT2D eigenvalue weighted by Gasteiger charge is 2.36. The maximum atomic E-state index is 11.3. The van der Waals surface area contributed by atoms with Crippen molar-refractivity contribution in [3.05, 3.63) is 0 Å². The van der Waals surface area contributed by atoms with E-state index in [2.05, 4.69) is 0 Å². The summed E-state index contributed by atoms with van der Waals surface area (Å²) in [5.74, 6) is -6.10. The van der Waals surface area contributed by atoms with E-state index in [9.17, 15) is 26.4 Å². The summed E-state index contributed by atoms with van der Waals surface area (Å²) >= 11 is 0. The van der Waals surface area contributed by atoms with Crippen molar-refractivity contribution in [2.75, 3.05) is 11.5 Å². The standard InChI is InChI=1S/C6H12N2O8S2/c7-3(5(9)10)1-17(13,14)18(15,16)2-4(8)6(11)12/h3-4H,1-2,7-8H2,(H,9,10)(H,11,12)/t3-,4+. The van der Waals surface area contributed by atoms with Crippen molar-refractivity contribution >= 4 is 29.7 Å². The zero-order chi connectivity index (χ0) is 14.7. The highest BCUT2D eigenvalue weighted by Crippen LogP contribution is 2.07. The van der Waals surface area contributed by atoms with Crippen molar-refractivity contribution < 1.29 is 36.6 Å². The van der Waals surface area contributed by atoms with Gasteiger partial charge < -0.3 is 21.7 Å². The lowest BCUT2D eigenvalue weighted by molar-refractivity contribution is -0.138. The number of rotatable bonds is 7. The van der Waals surface area contributed by atoms with Crippen LogP contribution in [0.15, 0.2) is 0 Å². The lowest BCUT2D eigenvalue weighted by Gasteiger charge is -2.10. The molecule has 12 heteroatoms. The molecule has 0 fully saturated rings. The van der Waals surface area contributed by atoms with Gasteiger partial charge in [-0.15, -0.1) is 0 Å². The predicted octanol–water partition coefficient (Wildman–Crippen LogP) is -3.45. The van der Waals surface area contributed by atoms with E-state index in [0.29, 0.717) is 0 Å². The zero-order valence-electron chi connectivity index (χ0n) is 8.88. The lowest BCUT2D eigenvalue weighted by Crippen LogP contribution is -2.43. The second-order valence-corrected chi connectivity index (χ2v) is 9.28. The minimum Gasteiger partial charge on any atom is -0.480 e. The van der Waals surface area contributed by atoms with Crippen LogP contribution in [0.5, 0.6) is 0 Å². The Balaban J connectivity index is 5.12. The van der Waals surface area contributed by atoms with Crippen LogP contribution in [0.4, 0.5) is 0 Å². The smallest absolute Gasteiger partial charge is 0.321 e. The molecule has 0 amide bonds. The van der Waals surface area contributed by atoms with E-state index in [4.69, 9.17) is 21.7 Å². The Morgan fingerprint density at radius 2 is 1.06 bits per heavy atom. The van der Waals surface area contributed by atoms with Gasteiger partial charge in [-0.25, -0.2) is 16.8 Å². The largest absolute Gasteiger partial charge is 0.480 e. The third-order valence-electron chi connectivity index (χ3n) is 1.79. The third-order valence-corrected chi connectivity index (χ3v) is 7.24. The molecular formula is C6H12N2O8S2. The highest BCUT2D eigenvalue weighted by atomic mass is 33.2. The van der Waals surface area contributed by atoms with Gasteiger partial charge in [0.1, 0.15) is 12.1 Å². The van der Waals surface area contributed by atoms with Crippen molar-refractivity contribution in [1.29, 1.82) is 0 Å². The summed E-state index contributed by atoms with van der Waals surface area (Å²) < 4.78 is 45.4. The Bertz CT molecular complexity index is 486. The van der Waals surface area contributed by atoms with E-state index >= 15 is 0 Å². The van der Waals surface area contributed by atoms with Crippen LogP contribution in [0.1, 0.15) is 0 Å². The zero-order valence-corrected chi connectivity index (χ0v) is 10.5. The van der Waals surface area contributed by atoms with Crippen LogP contribution in [-0.2, 0) is 27.3 Å². The first-order valence-corrected chi connectivity index (χ1v) is 8.15. The molecular weight excluding hydrogens is 292 g/mol. The summed E-state index contributed by atoms with van der Waals surface area (Å²) in [6, 6.07) is -3.85. The molecule has 18 heavy (non-hydrogen) atoms. The van der Waals surface area contributed by atoms with Gasteiger partial charge in [-0.1, -0.05) is 0 Å². The SMILES string of the molecule is N[C@H](CS(=O)(=O)S(=O)(=O)C[C@H](N)C(=O)O)C(=O)O. The van der Waals surface area contributed by atoms with E-state index in [0.717, 1.165) is 0 Å². The molecule has 0 rings (SSSR count). The number of carboxylic acid groups (broad SMARTS) is 2.